The van der Waals surface area contributed by atoms with Crippen molar-refractivity contribution in [2.45, 2.75) is 13.3 Å². The van der Waals surface area contributed by atoms with E-state index in [1.165, 1.54) is 0 Å². The topological polar surface area (TPSA) is 42.2 Å². The van der Waals surface area contributed by atoms with Gasteiger partial charge in [-0.05, 0) is 18.1 Å². The molecule has 0 fully saturated rings. The van der Waals surface area contributed by atoms with Crippen LogP contribution in [0, 0.1) is 5.92 Å². The number of aromatic nitrogens is 1. The molecule has 0 spiro atoms. The molecule has 3 nitrogen and oxygen atoms in total. The van der Waals surface area contributed by atoms with Crippen molar-refractivity contribution in [3.05, 3.63) is 36.0 Å². The number of aliphatic carboxylic acids is 1. The van der Waals surface area contributed by atoms with Crippen molar-refractivity contribution in [1.29, 1.82) is 0 Å². The van der Waals surface area contributed by atoms with Crippen molar-refractivity contribution in [3.63, 3.8) is 0 Å². The summed E-state index contributed by atoms with van der Waals surface area (Å²) in [5.41, 5.74) is 2.25. The Morgan fingerprint density at radius 1 is 1.44 bits per heavy atom. The predicted octanol–water partition coefficient (Wildman–Crippen LogP) is 2.44. The van der Waals surface area contributed by atoms with Crippen LogP contribution in [-0.2, 0) is 18.3 Å². The molecular formula is C13H15NO2. The number of aryl methyl sites for hydroxylation is 1. The van der Waals surface area contributed by atoms with Crippen LogP contribution in [0.5, 0.6) is 0 Å². The largest absolute Gasteiger partial charge is 0.481 e. The van der Waals surface area contributed by atoms with E-state index in [1.54, 1.807) is 6.92 Å². The molecule has 3 heteroatoms. The zero-order valence-corrected chi connectivity index (χ0v) is 9.47. The van der Waals surface area contributed by atoms with Crippen LogP contribution < -0.4 is 0 Å². The van der Waals surface area contributed by atoms with E-state index in [0.29, 0.717) is 6.42 Å². The van der Waals surface area contributed by atoms with Crippen LogP contribution in [0.1, 0.15) is 12.5 Å². The zero-order valence-electron chi connectivity index (χ0n) is 9.47. The van der Waals surface area contributed by atoms with Crippen LogP contribution >= 0.6 is 0 Å². The van der Waals surface area contributed by atoms with Crippen molar-refractivity contribution in [1.82, 2.24) is 4.57 Å². The second kappa shape index (κ2) is 4.00. The van der Waals surface area contributed by atoms with Crippen LogP contribution in [0.15, 0.2) is 30.5 Å². The van der Waals surface area contributed by atoms with E-state index in [1.807, 2.05) is 42.1 Å². The molecular weight excluding hydrogens is 202 g/mol. The van der Waals surface area contributed by atoms with Gasteiger partial charge in [-0.15, -0.1) is 0 Å². The number of carboxylic acids is 1. The summed E-state index contributed by atoms with van der Waals surface area (Å²) in [5, 5.41) is 10.1. The Balaban J connectivity index is 2.42. The van der Waals surface area contributed by atoms with Gasteiger partial charge in [-0.2, -0.15) is 0 Å². The highest BCUT2D eigenvalue weighted by molar-refractivity contribution is 5.84. The van der Waals surface area contributed by atoms with Gasteiger partial charge < -0.3 is 9.67 Å². The van der Waals surface area contributed by atoms with Gasteiger partial charge >= 0.3 is 5.97 Å². The fourth-order valence-corrected chi connectivity index (χ4v) is 2.01. The minimum Gasteiger partial charge on any atom is -0.481 e. The Morgan fingerprint density at radius 2 is 2.12 bits per heavy atom. The van der Waals surface area contributed by atoms with Crippen molar-refractivity contribution >= 4 is 16.9 Å². The summed E-state index contributed by atoms with van der Waals surface area (Å²) in [4.78, 5) is 10.8. The Hall–Kier alpha value is -1.77. The molecule has 16 heavy (non-hydrogen) atoms. The third kappa shape index (κ3) is 1.81. The van der Waals surface area contributed by atoms with Crippen LogP contribution in [-0.4, -0.2) is 15.6 Å². The standard InChI is InChI=1S/C13H15NO2/c1-9(13(15)16)7-10-8-14(2)12-6-4-3-5-11(10)12/h3-6,8-9H,7H2,1-2H3,(H,15,16)/t9-/m0/s1. The predicted molar refractivity (Wildman–Crippen MR) is 63.4 cm³/mol. The zero-order chi connectivity index (χ0) is 11.7. The van der Waals surface area contributed by atoms with E-state index in [-0.39, 0.29) is 5.92 Å². The number of carbonyl (C=O) groups is 1. The first-order chi connectivity index (χ1) is 7.59. The molecule has 2 aromatic rings. The maximum absolute atomic E-state index is 10.8. The maximum atomic E-state index is 10.8. The van der Waals surface area contributed by atoms with Crippen molar-refractivity contribution in [2.75, 3.05) is 0 Å². The molecule has 0 bridgehead atoms. The van der Waals surface area contributed by atoms with Gasteiger partial charge in [-0.1, -0.05) is 25.1 Å². The van der Waals surface area contributed by atoms with E-state index in [9.17, 15) is 4.79 Å². The third-order valence-electron chi connectivity index (χ3n) is 2.93. The second-order valence-electron chi connectivity index (χ2n) is 4.23. The average Bonchev–Trinajstić information content (AvgIpc) is 2.57. The van der Waals surface area contributed by atoms with E-state index in [0.717, 1.165) is 16.5 Å². The Morgan fingerprint density at radius 3 is 2.81 bits per heavy atom. The highest BCUT2D eigenvalue weighted by Crippen LogP contribution is 2.22. The van der Waals surface area contributed by atoms with Gasteiger partial charge in [0.05, 0.1) is 5.92 Å². The van der Waals surface area contributed by atoms with E-state index in [2.05, 4.69) is 0 Å². The summed E-state index contributed by atoms with van der Waals surface area (Å²) in [6.07, 6.45) is 2.60. The lowest BCUT2D eigenvalue weighted by Gasteiger charge is -2.04. The van der Waals surface area contributed by atoms with Crippen LogP contribution in [0.25, 0.3) is 10.9 Å². The molecule has 1 aromatic carbocycles. The summed E-state index contributed by atoms with van der Waals surface area (Å²) < 4.78 is 2.04. The van der Waals surface area contributed by atoms with E-state index >= 15 is 0 Å². The maximum Gasteiger partial charge on any atom is 0.306 e. The first-order valence-corrected chi connectivity index (χ1v) is 5.35. The molecule has 0 aliphatic heterocycles. The van der Waals surface area contributed by atoms with E-state index in [4.69, 9.17) is 5.11 Å². The summed E-state index contributed by atoms with van der Waals surface area (Å²) in [6, 6.07) is 8.06. The summed E-state index contributed by atoms with van der Waals surface area (Å²) >= 11 is 0. The van der Waals surface area contributed by atoms with Gasteiger partial charge in [0.15, 0.2) is 0 Å². The highest BCUT2D eigenvalue weighted by atomic mass is 16.4. The molecule has 2 rings (SSSR count). The number of fused-ring (bicyclic) bond motifs is 1. The van der Waals surface area contributed by atoms with Gasteiger partial charge in [0.25, 0.3) is 0 Å². The molecule has 1 atom stereocenters. The summed E-state index contributed by atoms with van der Waals surface area (Å²) in [6.45, 7) is 1.74. The minimum absolute atomic E-state index is 0.342. The molecule has 0 amide bonds. The SMILES string of the molecule is C[C@@H](Cc1cn(C)c2ccccc12)C(=O)O. The summed E-state index contributed by atoms with van der Waals surface area (Å²) in [5.74, 6) is -1.08. The minimum atomic E-state index is -0.743. The highest BCUT2D eigenvalue weighted by Gasteiger charge is 2.14. The number of benzene rings is 1. The van der Waals surface area contributed by atoms with Crippen molar-refractivity contribution < 1.29 is 9.90 Å². The molecule has 0 radical (unpaired) electrons. The van der Waals surface area contributed by atoms with Crippen LogP contribution in [0.4, 0.5) is 0 Å². The quantitative estimate of drug-likeness (QED) is 0.858. The fourth-order valence-electron chi connectivity index (χ4n) is 2.01. The molecule has 1 N–H and O–H groups in total. The number of hydrogen-bond donors (Lipinski definition) is 1. The average molecular weight is 217 g/mol. The molecule has 1 heterocycles. The normalized spacial score (nSPS) is 12.9. The fraction of sp³-hybridized carbons (Fsp3) is 0.308. The Kier molecular flexibility index (Phi) is 2.69. The van der Waals surface area contributed by atoms with E-state index < -0.39 is 5.97 Å². The van der Waals surface area contributed by atoms with Crippen molar-refractivity contribution in [2.24, 2.45) is 13.0 Å². The molecule has 84 valence electrons. The van der Waals surface area contributed by atoms with Gasteiger partial charge in [-0.25, -0.2) is 0 Å². The van der Waals surface area contributed by atoms with Gasteiger partial charge in [-0.3, -0.25) is 4.79 Å². The summed E-state index contributed by atoms with van der Waals surface area (Å²) in [7, 11) is 1.98. The van der Waals surface area contributed by atoms with Gasteiger partial charge in [0.2, 0.25) is 0 Å². The lowest BCUT2D eigenvalue weighted by Crippen LogP contribution is -2.11. The Bertz CT molecular complexity index is 528. The van der Waals surface area contributed by atoms with Crippen LogP contribution in [0.3, 0.4) is 0 Å². The smallest absolute Gasteiger partial charge is 0.306 e. The molecule has 0 unspecified atom stereocenters. The van der Waals surface area contributed by atoms with Gasteiger partial charge in [0.1, 0.15) is 0 Å². The molecule has 0 saturated carbocycles. The number of carboxylic acid groups (broad SMARTS) is 1. The first-order valence-electron chi connectivity index (χ1n) is 5.35. The lowest BCUT2D eigenvalue weighted by molar-refractivity contribution is -0.141. The monoisotopic (exact) mass is 217 g/mol. The Labute approximate surface area is 94.3 Å². The number of para-hydroxylation sites is 1. The van der Waals surface area contributed by atoms with Crippen molar-refractivity contribution in [3.8, 4) is 0 Å². The number of rotatable bonds is 3. The van der Waals surface area contributed by atoms with Crippen LogP contribution in [0.2, 0.25) is 0 Å². The lowest BCUT2D eigenvalue weighted by atomic mass is 10.0. The third-order valence-corrected chi connectivity index (χ3v) is 2.93. The molecule has 0 aliphatic carbocycles. The molecule has 0 aliphatic rings. The first kappa shape index (κ1) is 10.7. The van der Waals surface area contributed by atoms with Gasteiger partial charge in [0, 0.05) is 24.1 Å². The second-order valence-corrected chi connectivity index (χ2v) is 4.23. The molecule has 1 aromatic heterocycles. The number of nitrogens with zero attached hydrogens (tertiary/aromatic N) is 1. The number of hydrogen-bond acceptors (Lipinski definition) is 1. The molecule has 0 saturated heterocycles.